The molecule has 0 aliphatic heterocycles. The summed E-state index contributed by atoms with van der Waals surface area (Å²) in [6.07, 6.45) is -0.0556. The third kappa shape index (κ3) is 4.55. The molecule has 1 aromatic carbocycles. The van der Waals surface area contributed by atoms with Gasteiger partial charge in [-0.3, -0.25) is 4.79 Å². The summed E-state index contributed by atoms with van der Waals surface area (Å²) in [5.41, 5.74) is 1.47. The molecule has 0 spiro atoms. The minimum atomic E-state index is -3.76. The number of nitrogens with zero attached hydrogens (tertiary/aromatic N) is 2. The fourth-order valence-corrected chi connectivity index (χ4v) is 2.90. The van der Waals surface area contributed by atoms with Crippen LogP contribution in [0.3, 0.4) is 0 Å². The molecule has 2 N–H and O–H groups in total. The molecule has 0 saturated heterocycles. The normalized spacial score (nSPS) is 11.3. The van der Waals surface area contributed by atoms with Gasteiger partial charge in [0.2, 0.25) is 21.1 Å². The highest BCUT2D eigenvalue weighted by Crippen LogP contribution is 2.10. The van der Waals surface area contributed by atoms with Crippen LogP contribution in [0.4, 0.5) is 9.52 Å². The number of rotatable bonds is 6. The molecular formula is C11H11FN4O3S2. The molecule has 7 nitrogen and oxygen atoms in total. The monoisotopic (exact) mass is 330 g/mol. The Morgan fingerprint density at radius 2 is 2.00 bits per heavy atom. The molecule has 0 radical (unpaired) electrons. The van der Waals surface area contributed by atoms with Crippen molar-refractivity contribution in [1.82, 2.24) is 14.9 Å². The molecule has 0 fully saturated rings. The Morgan fingerprint density at radius 1 is 1.29 bits per heavy atom. The molecule has 112 valence electrons. The maximum absolute atomic E-state index is 12.7. The Hall–Kier alpha value is -1.91. The van der Waals surface area contributed by atoms with Crippen molar-refractivity contribution in [2.45, 2.75) is 11.3 Å². The molecular weight excluding hydrogens is 319 g/mol. The molecule has 0 atom stereocenters. The first-order valence-corrected chi connectivity index (χ1v) is 8.15. The third-order valence-corrected chi connectivity index (χ3v) is 4.46. The molecule has 2 aromatic rings. The summed E-state index contributed by atoms with van der Waals surface area (Å²) in [5.74, 6) is -0.904. The zero-order valence-corrected chi connectivity index (χ0v) is 12.2. The van der Waals surface area contributed by atoms with Crippen LogP contribution in [0.2, 0.25) is 0 Å². The Morgan fingerprint density at radius 3 is 2.62 bits per heavy atom. The van der Waals surface area contributed by atoms with E-state index in [1.54, 1.807) is 0 Å². The largest absolute Gasteiger partial charge is 0.300 e. The molecule has 10 heteroatoms. The number of amides is 1. The maximum Gasteiger partial charge on any atom is 0.240 e. The summed E-state index contributed by atoms with van der Waals surface area (Å²) in [4.78, 5) is 11.5. The van der Waals surface area contributed by atoms with Crippen LogP contribution in [-0.2, 0) is 14.8 Å². The van der Waals surface area contributed by atoms with Crippen molar-refractivity contribution in [1.29, 1.82) is 0 Å². The van der Waals surface area contributed by atoms with E-state index in [4.69, 9.17) is 0 Å². The van der Waals surface area contributed by atoms with Crippen LogP contribution in [0.25, 0.3) is 0 Å². The molecule has 0 unspecified atom stereocenters. The molecule has 1 amide bonds. The average Bonchev–Trinajstić information content (AvgIpc) is 2.91. The Bertz CT molecular complexity index is 702. The molecule has 2 rings (SSSR count). The van der Waals surface area contributed by atoms with E-state index >= 15 is 0 Å². The second-order valence-electron chi connectivity index (χ2n) is 3.89. The van der Waals surface area contributed by atoms with Crippen LogP contribution in [0.15, 0.2) is 34.7 Å². The Labute approximate surface area is 124 Å². The first-order valence-electron chi connectivity index (χ1n) is 5.78. The van der Waals surface area contributed by atoms with E-state index < -0.39 is 15.8 Å². The van der Waals surface area contributed by atoms with Gasteiger partial charge in [0.15, 0.2) is 0 Å². The number of nitrogens with one attached hydrogen (secondary N) is 2. The average molecular weight is 330 g/mol. The first-order chi connectivity index (χ1) is 9.97. The number of anilines is 1. The lowest BCUT2D eigenvalue weighted by molar-refractivity contribution is -0.116. The van der Waals surface area contributed by atoms with Crippen molar-refractivity contribution in [2.24, 2.45) is 0 Å². The van der Waals surface area contributed by atoms with Crippen LogP contribution in [0.5, 0.6) is 0 Å². The van der Waals surface area contributed by atoms with Gasteiger partial charge in [0.05, 0.1) is 4.90 Å². The van der Waals surface area contributed by atoms with Crippen LogP contribution in [0, 0.1) is 5.82 Å². The van der Waals surface area contributed by atoms with Gasteiger partial charge in [-0.1, -0.05) is 11.3 Å². The van der Waals surface area contributed by atoms with Crippen molar-refractivity contribution in [3.63, 3.8) is 0 Å². The van der Waals surface area contributed by atoms with Crippen LogP contribution < -0.4 is 10.0 Å². The maximum atomic E-state index is 12.7. The summed E-state index contributed by atoms with van der Waals surface area (Å²) in [5, 5.41) is 10.0. The molecule has 1 heterocycles. The molecule has 0 bridgehead atoms. The van der Waals surface area contributed by atoms with Crippen molar-refractivity contribution in [3.05, 3.63) is 35.6 Å². The predicted molar refractivity (Wildman–Crippen MR) is 74.7 cm³/mol. The fraction of sp³-hybridized carbons (Fsp3) is 0.182. The van der Waals surface area contributed by atoms with Crippen molar-refractivity contribution in [3.8, 4) is 0 Å². The van der Waals surface area contributed by atoms with Gasteiger partial charge in [-0.15, -0.1) is 10.2 Å². The minimum Gasteiger partial charge on any atom is -0.300 e. The molecule has 0 aliphatic rings. The summed E-state index contributed by atoms with van der Waals surface area (Å²) in [6, 6.07) is 4.41. The third-order valence-electron chi connectivity index (χ3n) is 2.37. The smallest absolute Gasteiger partial charge is 0.240 e. The van der Waals surface area contributed by atoms with E-state index in [0.29, 0.717) is 5.13 Å². The van der Waals surface area contributed by atoms with Gasteiger partial charge in [0.1, 0.15) is 11.3 Å². The van der Waals surface area contributed by atoms with Crippen LogP contribution in [0.1, 0.15) is 6.42 Å². The number of hydrogen-bond acceptors (Lipinski definition) is 6. The van der Waals surface area contributed by atoms with Gasteiger partial charge in [-0.25, -0.2) is 17.5 Å². The lowest BCUT2D eigenvalue weighted by atomic mass is 10.4. The number of carbonyl (C=O) groups is 1. The van der Waals surface area contributed by atoms with E-state index in [-0.39, 0.29) is 23.8 Å². The Balaban J connectivity index is 1.84. The van der Waals surface area contributed by atoms with Gasteiger partial charge in [-0.2, -0.15) is 0 Å². The number of halogens is 1. The fourth-order valence-electron chi connectivity index (χ4n) is 1.41. The van der Waals surface area contributed by atoms with Crippen molar-refractivity contribution >= 4 is 32.4 Å². The van der Waals surface area contributed by atoms with E-state index in [2.05, 4.69) is 20.2 Å². The summed E-state index contributed by atoms with van der Waals surface area (Å²) in [7, 11) is -3.76. The highest BCUT2D eigenvalue weighted by atomic mass is 32.2. The van der Waals surface area contributed by atoms with Gasteiger partial charge >= 0.3 is 0 Å². The van der Waals surface area contributed by atoms with E-state index in [0.717, 1.165) is 35.6 Å². The summed E-state index contributed by atoms with van der Waals surface area (Å²) >= 11 is 1.16. The van der Waals surface area contributed by atoms with Gasteiger partial charge in [-0.05, 0) is 24.3 Å². The first kappa shape index (κ1) is 15.5. The van der Waals surface area contributed by atoms with E-state index in [1.165, 1.54) is 5.51 Å². The van der Waals surface area contributed by atoms with Crippen LogP contribution >= 0.6 is 11.3 Å². The standard InChI is InChI=1S/C11H11FN4O3S2/c12-8-1-3-9(4-2-8)21(18,19)14-6-5-10(17)15-11-16-13-7-20-11/h1-4,7,14H,5-6H2,(H,15,16,17). The second kappa shape index (κ2) is 6.70. The zero-order chi connectivity index (χ0) is 15.3. The van der Waals surface area contributed by atoms with Crippen LogP contribution in [-0.4, -0.2) is 31.1 Å². The Kier molecular flexibility index (Phi) is 4.94. The number of hydrogen-bond donors (Lipinski definition) is 2. The zero-order valence-electron chi connectivity index (χ0n) is 10.6. The van der Waals surface area contributed by atoms with Gasteiger partial charge < -0.3 is 5.32 Å². The highest BCUT2D eigenvalue weighted by molar-refractivity contribution is 7.89. The van der Waals surface area contributed by atoms with E-state index in [1.807, 2.05) is 0 Å². The summed E-state index contributed by atoms with van der Waals surface area (Å²) in [6.45, 7) is -0.0790. The summed E-state index contributed by atoms with van der Waals surface area (Å²) < 4.78 is 38.7. The number of sulfonamides is 1. The number of aromatic nitrogens is 2. The molecule has 0 aliphatic carbocycles. The lowest BCUT2D eigenvalue weighted by Crippen LogP contribution is -2.27. The van der Waals surface area contributed by atoms with Gasteiger partial charge in [0, 0.05) is 13.0 Å². The molecule has 0 saturated carbocycles. The molecule has 21 heavy (non-hydrogen) atoms. The predicted octanol–water partition coefficient (Wildman–Crippen LogP) is 0.984. The quantitative estimate of drug-likeness (QED) is 0.822. The van der Waals surface area contributed by atoms with E-state index in [9.17, 15) is 17.6 Å². The highest BCUT2D eigenvalue weighted by Gasteiger charge is 2.14. The van der Waals surface area contributed by atoms with Crippen molar-refractivity contribution in [2.75, 3.05) is 11.9 Å². The minimum absolute atomic E-state index is 0.0556. The lowest BCUT2D eigenvalue weighted by Gasteiger charge is -2.06. The number of benzene rings is 1. The topological polar surface area (TPSA) is 101 Å². The SMILES string of the molecule is O=C(CCNS(=O)(=O)c1ccc(F)cc1)Nc1nncs1. The second-order valence-corrected chi connectivity index (χ2v) is 6.49. The van der Waals surface area contributed by atoms with Crippen molar-refractivity contribution < 1.29 is 17.6 Å². The molecule has 1 aromatic heterocycles. The van der Waals surface area contributed by atoms with Gasteiger partial charge in [0.25, 0.3) is 0 Å². The number of carbonyl (C=O) groups excluding carboxylic acids is 1.